The summed E-state index contributed by atoms with van der Waals surface area (Å²) < 4.78 is 1.19. The molecule has 0 aliphatic carbocycles. The Morgan fingerprint density at radius 2 is 2.00 bits per heavy atom. The molecule has 1 nitrogen and oxygen atoms in total. The Morgan fingerprint density at radius 3 is 2.41 bits per heavy atom. The number of halogens is 1. The molecule has 0 aliphatic heterocycles. The second-order valence-electron chi connectivity index (χ2n) is 4.72. The molecule has 1 rings (SSSR count). The van der Waals surface area contributed by atoms with Crippen LogP contribution in [0.25, 0.3) is 0 Å². The van der Waals surface area contributed by atoms with Gasteiger partial charge in [0, 0.05) is 16.2 Å². The van der Waals surface area contributed by atoms with Gasteiger partial charge >= 0.3 is 0 Å². The topological polar surface area (TPSA) is 26.0 Å². The fourth-order valence-corrected chi connectivity index (χ4v) is 4.64. The highest BCUT2D eigenvalue weighted by Crippen LogP contribution is 2.41. The number of hydrogen-bond donors (Lipinski definition) is 1. The lowest BCUT2D eigenvalue weighted by molar-refractivity contribution is 0.613. The lowest BCUT2D eigenvalue weighted by atomic mass is 10.1. The molecule has 2 N–H and O–H groups in total. The van der Waals surface area contributed by atoms with Gasteiger partial charge < -0.3 is 5.73 Å². The molecule has 0 spiro atoms. The molecule has 1 heterocycles. The Morgan fingerprint density at radius 1 is 1.35 bits per heavy atom. The van der Waals surface area contributed by atoms with E-state index in [1.54, 1.807) is 0 Å². The van der Waals surface area contributed by atoms with E-state index < -0.39 is 0 Å². The van der Waals surface area contributed by atoms with Crippen molar-refractivity contribution in [1.29, 1.82) is 0 Å². The number of rotatable bonds is 6. The van der Waals surface area contributed by atoms with Crippen molar-refractivity contribution < 1.29 is 0 Å². The first-order valence-corrected chi connectivity index (χ1v) is 8.67. The summed E-state index contributed by atoms with van der Waals surface area (Å²) in [5, 5.41) is 1.06. The van der Waals surface area contributed by atoms with Crippen molar-refractivity contribution in [3.05, 3.63) is 20.8 Å². The summed E-state index contributed by atoms with van der Waals surface area (Å²) in [6.07, 6.45) is 1.03. The number of hydrogen-bond acceptors (Lipinski definition) is 3. The van der Waals surface area contributed by atoms with E-state index in [0.29, 0.717) is 16.4 Å². The minimum atomic E-state index is 0.242. The summed E-state index contributed by atoms with van der Waals surface area (Å²) in [5.74, 6) is 0.690. The predicted octanol–water partition coefficient (Wildman–Crippen LogP) is 5.07. The first-order valence-electron chi connectivity index (χ1n) is 6.12. The van der Waals surface area contributed by atoms with Gasteiger partial charge in [0.25, 0.3) is 0 Å². The van der Waals surface area contributed by atoms with Crippen molar-refractivity contribution in [3.63, 3.8) is 0 Å². The van der Waals surface area contributed by atoms with Gasteiger partial charge in [-0.05, 0) is 40.4 Å². The van der Waals surface area contributed by atoms with Gasteiger partial charge in [0.1, 0.15) is 0 Å². The molecule has 3 atom stereocenters. The van der Waals surface area contributed by atoms with Crippen molar-refractivity contribution in [2.75, 3.05) is 0 Å². The van der Waals surface area contributed by atoms with Crippen LogP contribution in [0, 0.1) is 5.92 Å². The minimum absolute atomic E-state index is 0.242. The fraction of sp³-hybridized carbons (Fsp3) is 0.692. The van der Waals surface area contributed by atoms with E-state index >= 15 is 0 Å². The van der Waals surface area contributed by atoms with Gasteiger partial charge in [0.2, 0.25) is 0 Å². The molecule has 4 heteroatoms. The Kier molecular flexibility index (Phi) is 6.56. The van der Waals surface area contributed by atoms with Gasteiger partial charge in [-0.3, -0.25) is 0 Å². The molecule has 3 unspecified atom stereocenters. The Balaban J connectivity index is 2.81. The largest absolute Gasteiger partial charge is 0.326 e. The van der Waals surface area contributed by atoms with Gasteiger partial charge in [0.15, 0.2) is 0 Å². The molecule has 0 amide bonds. The van der Waals surface area contributed by atoms with Crippen LogP contribution in [0.4, 0.5) is 0 Å². The highest BCUT2D eigenvalue weighted by atomic mass is 79.9. The quantitative estimate of drug-likeness (QED) is 0.785. The zero-order valence-corrected chi connectivity index (χ0v) is 14.2. The van der Waals surface area contributed by atoms with Gasteiger partial charge in [-0.1, -0.05) is 27.7 Å². The van der Waals surface area contributed by atoms with E-state index in [9.17, 15) is 0 Å². The molecule has 17 heavy (non-hydrogen) atoms. The average molecular weight is 336 g/mol. The van der Waals surface area contributed by atoms with E-state index in [-0.39, 0.29) is 6.04 Å². The van der Waals surface area contributed by atoms with Crippen LogP contribution >= 0.6 is 39.0 Å². The Hall–Kier alpha value is 0.490. The summed E-state index contributed by atoms with van der Waals surface area (Å²) in [6.45, 7) is 9.02. The molecule has 0 radical (unpaired) electrons. The van der Waals surface area contributed by atoms with E-state index in [1.165, 1.54) is 8.66 Å². The van der Waals surface area contributed by atoms with Crippen LogP contribution in [-0.2, 0) is 0 Å². The van der Waals surface area contributed by atoms with Gasteiger partial charge in [-0.2, -0.15) is 0 Å². The van der Waals surface area contributed by atoms with Crippen LogP contribution < -0.4 is 5.73 Å². The molecule has 0 saturated heterocycles. The third kappa shape index (κ3) is 4.58. The molecule has 0 aliphatic rings. The highest BCUT2D eigenvalue weighted by Gasteiger charge is 2.24. The van der Waals surface area contributed by atoms with Crippen molar-refractivity contribution in [3.8, 4) is 0 Å². The van der Waals surface area contributed by atoms with Crippen LogP contribution in [0.1, 0.15) is 44.2 Å². The SMILES string of the molecule is CCC(N)C(SC(C)C(C)C)c1ccc(Br)s1. The molecular formula is C13H22BrNS2. The van der Waals surface area contributed by atoms with Gasteiger partial charge in [-0.15, -0.1) is 23.1 Å². The second-order valence-corrected chi connectivity index (χ2v) is 8.74. The van der Waals surface area contributed by atoms with E-state index in [4.69, 9.17) is 5.73 Å². The molecule has 0 fully saturated rings. The molecule has 0 saturated carbocycles. The molecule has 0 bridgehead atoms. The van der Waals surface area contributed by atoms with Crippen LogP contribution in [0.3, 0.4) is 0 Å². The first kappa shape index (κ1) is 15.5. The molecule has 1 aromatic heterocycles. The maximum Gasteiger partial charge on any atom is 0.0701 e. The molecule has 1 aromatic rings. The highest BCUT2D eigenvalue weighted by molar-refractivity contribution is 9.11. The maximum atomic E-state index is 6.28. The van der Waals surface area contributed by atoms with E-state index in [1.807, 2.05) is 23.1 Å². The van der Waals surface area contributed by atoms with Crippen LogP contribution in [-0.4, -0.2) is 11.3 Å². The zero-order chi connectivity index (χ0) is 13.0. The van der Waals surface area contributed by atoms with Crippen molar-refractivity contribution in [2.45, 2.75) is 50.7 Å². The number of thiophene rings is 1. The average Bonchev–Trinajstić information content (AvgIpc) is 2.70. The zero-order valence-electron chi connectivity index (χ0n) is 10.9. The third-order valence-corrected chi connectivity index (χ3v) is 6.76. The fourth-order valence-electron chi connectivity index (χ4n) is 1.46. The Labute approximate surface area is 122 Å². The van der Waals surface area contributed by atoms with E-state index in [0.717, 1.165) is 6.42 Å². The molecular weight excluding hydrogens is 314 g/mol. The summed E-state index contributed by atoms with van der Waals surface area (Å²) in [4.78, 5) is 1.39. The lowest BCUT2D eigenvalue weighted by Crippen LogP contribution is -2.27. The smallest absolute Gasteiger partial charge is 0.0701 e. The number of thioether (sulfide) groups is 1. The first-order chi connectivity index (χ1) is 7.95. The monoisotopic (exact) mass is 335 g/mol. The van der Waals surface area contributed by atoms with Crippen molar-refractivity contribution in [1.82, 2.24) is 0 Å². The summed E-state index contributed by atoms with van der Waals surface area (Å²) >= 11 is 7.36. The second kappa shape index (κ2) is 7.17. The maximum absolute atomic E-state index is 6.28. The Bertz CT molecular complexity index is 338. The molecule has 98 valence electrons. The normalized spacial score (nSPS) is 17.1. The van der Waals surface area contributed by atoms with Crippen LogP contribution in [0.2, 0.25) is 0 Å². The summed E-state index contributed by atoms with van der Waals surface area (Å²) in [7, 11) is 0. The van der Waals surface area contributed by atoms with Crippen molar-refractivity contribution in [2.24, 2.45) is 11.7 Å². The third-order valence-electron chi connectivity index (χ3n) is 3.03. The van der Waals surface area contributed by atoms with Crippen LogP contribution in [0.5, 0.6) is 0 Å². The van der Waals surface area contributed by atoms with Crippen molar-refractivity contribution >= 4 is 39.0 Å². The standard InChI is InChI=1S/C13H22BrNS2/c1-5-10(15)13(16-9(4)8(2)3)11-6-7-12(14)17-11/h6-10,13H,5,15H2,1-4H3. The van der Waals surface area contributed by atoms with E-state index in [2.05, 4.69) is 55.8 Å². The van der Waals surface area contributed by atoms with Gasteiger partial charge in [0.05, 0.1) is 9.04 Å². The lowest BCUT2D eigenvalue weighted by Gasteiger charge is -2.26. The van der Waals surface area contributed by atoms with Crippen LogP contribution in [0.15, 0.2) is 15.9 Å². The number of nitrogens with two attached hydrogens (primary N) is 1. The minimum Gasteiger partial charge on any atom is -0.326 e. The summed E-state index contributed by atoms with van der Waals surface area (Å²) in [6, 6.07) is 4.57. The molecule has 0 aromatic carbocycles. The predicted molar refractivity (Wildman–Crippen MR) is 84.9 cm³/mol. The van der Waals surface area contributed by atoms with Gasteiger partial charge in [-0.25, -0.2) is 0 Å². The summed E-state index contributed by atoms with van der Waals surface area (Å²) in [5.41, 5.74) is 6.28.